The van der Waals surface area contributed by atoms with Gasteiger partial charge in [-0.05, 0) is 25.0 Å². The van der Waals surface area contributed by atoms with E-state index in [1.165, 1.54) is 4.57 Å². The Bertz CT molecular complexity index is 806. The Morgan fingerprint density at radius 3 is 2.25 bits per heavy atom. The third-order valence-corrected chi connectivity index (χ3v) is 4.34. The number of rotatable bonds is 7. The van der Waals surface area contributed by atoms with Gasteiger partial charge in [0.25, 0.3) is 0 Å². The predicted molar refractivity (Wildman–Crippen MR) is 90.9 cm³/mol. The van der Waals surface area contributed by atoms with Crippen LogP contribution in [-0.2, 0) is 22.7 Å². The second-order valence-electron chi connectivity index (χ2n) is 5.87. The standard InChI is InChI=1S/C17H23N3O4/c1-4-11(3)15(16(22)23)18-14(21)10-20-13-9-7-6-8-12(13)19(5-2)17(20)24/h6-9,11,15H,4-5,10H2,1-3H3,(H,18,21)(H,22,23)/t11-,15-/m0/s1. The average Bonchev–Trinajstić information content (AvgIpc) is 2.83. The van der Waals surface area contributed by atoms with Gasteiger partial charge in [0.1, 0.15) is 12.6 Å². The second kappa shape index (κ2) is 7.33. The van der Waals surface area contributed by atoms with Crippen molar-refractivity contribution in [3.8, 4) is 0 Å². The molecular formula is C17H23N3O4. The Hall–Kier alpha value is -2.57. The van der Waals surface area contributed by atoms with Crippen molar-refractivity contribution in [2.45, 2.75) is 46.3 Å². The van der Waals surface area contributed by atoms with Gasteiger partial charge in [-0.25, -0.2) is 9.59 Å². The normalized spacial score (nSPS) is 13.6. The van der Waals surface area contributed by atoms with Crippen LogP contribution < -0.4 is 11.0 Å². The van der Waals surface area contributed by atoms with Gasteiger partial charge in [-0.2, -0.15) is 0 Å². The van der Waals surface area contributed by atoms with Crippen molar-refractivity contribution in [2.75, 3.05) is 0 Å². The lowest BCUT2D eigenvalue weighted by molar-refractivity contribution is -0.143. The summed E-state index contributed by atoms with van der Waals surface area (Å²) in [5.74, 6) is -1.75. The number of carboxylic acid groups (broad SMARTS) is 1. The lowest BCUT2D eigenvalue weighted by Crippen LogP contribution is -2.46. The molecule has 0 aliphatic heterocycles. The highest BCUT2D eigenvalue weighted by molar-refractivity contribution is 5.85. The number of carbonyl (C=O) groups is 2. The Morgan fingerprint density at radius 1 is 1.17 bits per heavy atom. The molecule has 1 aromatic carbocycles. The van der Waals surface area contributed by atoms with Crippen molar-refractivity contribution in [3.05, 3.63) is 34.7 Å². The predicted octanol–water partition coefficient (Wildman–Crippen LogP) is 1.44. The van der Waals surface area contributed by atoms with Gasteiger partial charge in [-0.1, -0.05) is 32.4 Å². The summed E-state index contributed by atoms with van der Waals surface area (Å²) in [6, 6.07) is 6.28. The van der Waals surface area contributed by atoms with Crippen molar-refractivity contribution in [1.29, 1.82) is 0 Å². The largest absolute Gasteiger partial charge is 0.480 e. The van der Waals surface area contributed by atoms with Crippen molar-refractivity contribution in [2.24, 2.45) is 5.92 Å². The average molecular weight is 333 g/mol. The van der Waals surface area contributed by atoms with Gasteiger partial charge in [0, 0.05) is 6.54 Å². The number of benzene rings is 1. The maximum atomic E-state index is 12.5. The zero-order valence-corrected chi connectivity index (χ0v) is 14.2. The number of fused-ring (bicyclic) bond motifs is 1. The number of aliphatic carboxylic acids is 1. The van der Waals surface area contributed by atoms with E-state index < -0.39 is 17.9 Å². The second-order valence-corrected chi connectivity index (χ2v) is 5.87. The number of para-hydroxylation sites is 2. The summed E-state index contributed by atoms with van der Waals surface area (Å²) in [4.78, 5) is 36.1. The molecule has 1 heterocycles. The molecule has 0 radical (unpaired) electrons. The van der Waals surface area contributed by atoms with E-state index in [4.69, 9.17) is 0 Å². The molecule has 7 heteroatoms. The molecule has 0 unspecified atom stereocenters. The van der Waals surface area contributed by atoms with E-state index in [2.05, 4.69) is 5.32 Å². The third-order valence-electron chi connectivity index (χ3n) is 4.34. The van der Waals surface area contributed by atoms with Gasteiger partial charge < -0.3 is 10.4 Å². The number of carbonyl (C=O) groups excluding carboxylic acids is 1. The lowest BCUT2D eigenvalue weighted by Gasteiger charge is -2.20. The summed E-state index contributed by atoms with van der Waals surface area (Å²) in [6.45, 7) is 5.80. The molecule has 24 heavy (non-hydrogen) atoms. The Labute approximate surface area is 139 Å². The van der Waals surface area contributed by atoms with Crippen molar-refractivity contribution in [1.82, 2.24) is 14.5 Å². The zero-order valence-electron chi connectivity index (χ0n) is 14.2. The van der Waals surface area contributed by atoms with E-state index in [1.54, 1.807) is 23.6 Å². The van der Waals surface area contributed by atoms with Crippen LogP contribution in [0.2, 0.25) is 0 Å². The van der Waals surface area contributed by atoms with Crippen LogP contribution in [0, 0.1) is 5.92 Å². The van der Waals surface area contributed by atoms with Gasteiger partial charge in [-0.3, -0.25) is 13.9 Å². The van der Waals surface area contributed by atoms with Gasteiger partial charge >= 0.3 is 11.7 Å². The molecule has 0 fully saturated rings. The highest BCUT2D eigenvalue weighted by Gasteiger charge is 2.26. The molecule has 0 bridgehead atoms. The summed E-state index contributed by atoms with van der Waals surface area (Å²) in [5, 5.41) is 11.8. The zero-order chi connectivity index (χ0) is 17.9. The van der Waals surface area contributed by atoms with Crippen LogP contribution in [0.25, 0.3) is 11.0 Å². The number of carboxylic acids is 1. The molecule has 130 valence electrons. The van der Waals surface area contributed by atoms with Crippen molar-refractivity contribution >= 4 is 22.9 Å². The topological polar surface area (TPSA) is 93.3 Å². The quantitative estimate of drug-likeness (QED) is 0.802. The lowest BCUT2D eigenvalue weighted by atomic mass is 9.99. The molecule has 0 aliphatic carbocycles. The first-order valence-electron chi connectivity index (χ1n) is 8.10. The molecule has 2 atom stereocenters. The van der Waals surface area contributed by atoms with Gasteiger partial charge in [0.05, 0.1) is 11.0 Å². The summed E-state index contributed by atoms with van der Waals surface area (Å²) in [7, 11) is 0. The minimum Gasteiger partial charge on any atom is -0.480 e. The molecule has 1 amide bonds. The summed E-state index contributed by atoms with van der Waals surface area (Å²) in [6.07, 6.45) is 0.631. The molecule has 7 nitrogen and oxygen atoms in total. The highest BCUT2D eigenvalue weighted by Crippen LogP contribution is 2.13. The van der Waals surface area contributed by atoms with Crippen LogP contribution >= 0.6 is 0 Å². The molecule has 0 saturated heterocycles. The Morgan fingerprint density at radius 2 is 1.75 bits per heavy atom. The minimum absolute atomic E-state index is 0.194. The maximum Gasteiger partial charge on any atom is 0.329 e. The fourth-order valence-electron chi connectivity index (χ4n) is 2.78. The molecule has 0 spiro atoms. The van der Waals surface area contributed by atoms with E-state index in [9.17, 15) is 19.5 Å². The van der Waals surface area contributed by atoms with Crippen LogP contribution in [0.15, 0.2) is 29.1 Å². The van der Waals surface area contributed by atoms with Gasteiger partial charge in [0.2, 0.25) is 5.91 Å². The Kier molecular flexibility index (Phi) is 5.43. The molecule has 1 aromatic heterocycles. The molecule has 2 N–H and O–H groups in total. The van der Waals surface area contributed by atoms with E-state index in [0.29, 0.717) is 18.5 Å². The number of imidazole rings is 1. The minimum atomic E-state index is -1.07. The smallest absolute Gasteiger partial charge is 0.329 e. The number of nitrogens with zero attached hydrogens (tertiary/aromatic N) is 2. The van der Waals surface area contributed by atoms with Crippen LogP contribution in [0.4, 0.5) is 0 Å². The first-order chi connectivity index (χ1) is 11.4. The number of amides is 1. The van der Waals surface area contributed by atoms with Crippen LogP contribution in [0.3, 0.4) is 0 Å². The summed E-state index contributed by atoms with van der Waals surface area (Å²) in [5.41, 5.74) is 1.15. The molecule has 0 saturated carbocycles. The van der Waals surface area contributed by atoms with Crippen LogP contribution in [0.1, 0.15) is 27.2 Å². The van der Waals surface area contributed by atoms with E-state index in [1.807, 2.05) is 26.0 Å². The molecule has 2 rings (SSSR count). The fourth-order valence-corrected chi connectivity index (χ4v) is 2.78. The number of hydrogen-bond acceptors (Lipinski definition) is 3. The van der Waals surface area contributed by atoms with Crippen molar-refractivity contribution in [3.63, 3.8) is 0 Å². The van der Waals surface area contributed by atoms with Crippen LogP contribution in [0.5, 0.6) is 0 Å². The number of aryl methyl sites for hydroxylation is 1. The first kappa shape index (κ1) is 17.8. The molecular weight excluding hydrogens is 310 g/mol. The highest BCUT2D eigenvalue weighted by atomic mass is 16.4. The van der Waals surface area contributed by atoms with Crippen molar-refractivity contribution < 1.29 is 14.7 Å². The van der Waals surface area contributed by atoms with Gasteiger partial charge in [-0.15, -0.1) is 0 Å². The monoisotopic (exact) mass is 333 g/mol. The van der Waals surface area contributed by atoms with Crippen LogP contribution in [-0.4, -0.2) is 32.2 Å². The number of aromatic nitrogens is 2. The van der Waals surface area contributed by atoms with E-state index in [0.717, 1.165) is 5.52 Å². The Balaban J connectivity index is 2.30. The molecule has 2 aromatic rings. The number of nitrogens with one attached hydrogen (secondary N) is 1. The first-order valence-corrected chi connectivity index (χ1v) is 8.10. The summed E-state index contributed by atoms with van der Waals surface area (Å²) < 4.78 is 2.97. The van der Waals surface area contributed by atoms with E-state index in [-0.39, 0.29) is 18.2 Å². The SMILES string of the molecule is CC[C@H](C)[C@H](NC(=O)Cn1c(=O)n(CC)c2ccccc21)C(=O)O. The third kappa shape index (κ3) is 3.34. The molecule has 0 aliphatic rings. The fraction of sp³-hybridized carbons (Fsp3) is 0.471. The maximum absolute atomic E-state index is 12.5. The van der Waals surface area contributed by atoms with Gasteiger partial charge in [0.15, 0.2) is 0 Å². The summed E-state index contributed by atoms with van der Waals surface area (Å²) >= 11 is 0. The van der Waals surface area contributed by atoms with E-state index >= 15 is 0 Å². The number of hydrogen-bond donors (Lipinski definition) is 2.